The number of hydrogen-bond donors (Lipinski definition) is 1. The Bertz CT molecular complexity index is 1190. The molecule has 0 saturated carbocycles. The van der Waals surface area contributed by atoms with Crippen LogP contribution in [0.25, 0.3) is 10.9 Å². The van der Waals surface area contributed by atoms with Crippen molar-refractivity contribution in [2.45, 2.75) is 25.3 Å². The number of amides is 1. The second kappa shape index (κ2) is 12.1. The Morgan fingerprint density at radius 1 is 1.09 bits per heavy atom. The fraction of sp³-hybridized carbons (Fsp3) is 0.385. The Hall–Kier alpha value is -3.01. The molecule has 3 rings (SSSR count). The SMILES string of the molecule is CNc1ccc2cc(CN(C)C(=O)COCCN(C)S(=O)c3c(C)cc(OC)cc3C)ccc2n1. The number of methoxy groups -OCH3 is 1. The smallest absolute Gasteiger partial charge is 0.248 e. The van der Waals surface area contributed by atoms with Crippen LogP contribution in [-0.2, 0) is 27.1 Å². The number of aryl methyl sites for hydroxylation is 2. The molecular weight excluding hydrogens is 464 g/mol. The minimum Gasteiger partial charge on any atom is -0.497 e. The average molecular weight is 499 g/mol. The molecule has 8 nitrogen and oxygen atoms in total. The molecule has 0 aliphatic heterocycles. The van der Waals surface area contributed by atoms with Gasteiger partial charge in [0.1, 0.15) is 29.2 Å². The van der Waals surface area contributed by atoms with Crippen LogP contribution in [0.3, 0.4) is 0 Å². The van der Waals surface area contributed by atoms with Crippen LogP contribution in [0.5, 0.6) is 5.75 Å². The maximum atomic E-state index is 13.0. The van der Waals surface area contributed by atoms with E-state index in [0.717, 1.165) is 44.1 Å². The molecule has 0 aliphatic carbocycles. The third-order valence-corrected chi connectivity index (χ3v) is 7.50. The first-order valence-corrected chi connectivity index (χ1v) is 12.5. The van der Waals surface area contributed by atoms with E-state index in [0.29, 0.717) is 19.7 Å². The van der Waals surface area contributed by atoms with E-state index in [1.165, 1.54) is 0 Å². The first-order valence-electron chi connectivity index (χ1n) is 11.4. The van der Waals surface area contributed by atoms with E-state index < -0.39 is 11.0 Å². The highest BCUT2D eigenvalue weighted by Gasteiger charge is 2.17. The van der Waals surface area contributed by atoms with Crippen LogP contribution in [0, 0.1) is 13.8 Å². The molecule has 3 aromatic rings. The molecule has 2 aromatic carbocycles. The molecule has 9 heteroatoms. The predicted octanol–water partition coefficient (Wildman–Crippen LogP) is 3.53. The van der Waals surface area contributed by atoms with Crippen molar-refractivity contribution in [1.29, 1.82) is 0 Å². The molecule has 1 aromatic heterocycles. The Morgan fingerprint density at radius 3 is 2.46 bits per heavy atom. The number of pyridine rings is 1. The second-order valence-corrected chi connectivity index (χ2v) is 10.00. The van der Waals surface area contributed by atoms with Gasteiger partial charge in [-0.15, -0.1) is 0 Å². The lowest BCUT2D eigenvalue weighted by Crippen LogP contribution is -2.32. The zero-order valence-corrected chi connectivity index (χ0v) is 22.1. The van der Waals surface area contributed by atoms with Gasteiger partial charge < -0.3 is 19.7 Å². The van der Waals surface area contributed by atoms with Crippen molar-refractivity contribution in [3.05, 3.63) is 59.2 Å². The van der Waals surface area contributed by atoms with Crippen molar-refractivity contribution < 1.29 is 18.5 Å². The summed E-state index contributed by atoms with van der Waals surface area (Å²) < 4.78 is 25.6. The van der Waals surface area contributed by atoms with E-state index in [1.807, 2.05) is 63.4 Å². The lowest BCUT2D eigenvalue weighted by molar-refractivity contribution is -0.135. The number of nitrogens with one attached hydrogen (secondary N) is 1. The summed E-state index contributed by atoms with van der Waals surface area (Å²) in [4.78, 5) is 19.5. The normalized spacial score (nSPS) is 12.1. The standard InChI is InChI=1S/C26H34N4O4S/c1-18-13-22(33-6)14-19(2)26(18)35(32)30(5)11-12-34-17-25(31)29(4)16-20-7-9-23-21(15-20)8-10-24(27-3)28-23/h7-10,13-15H,11-12,16-17H2,1-6H3,(H,27,28). The summed E-state index contributed by atoms with van der Waals surface area (Å²) in [6.07, 6.45) is 0. The number of benzene rings is 2. The Kier molecular flexibility index (Phi) is 9.20. The van der Waals surface area contributed by atoms with Gasteiger partial charge in [-0.2, -0.15) is 0 Å². The van der Waals surface area contributed by atoms with Crippen molar-refractivity contribution in [3.8, 4) is 5.75 Å². The van der Waals surface area contributed by atoms with Gasteiger partial charge in [0, 0.05) is 39.6 Å². The highest BCUT2D eigenvalue weighted by atomic mass is 32.2. The second-order valence-electron chi connectivity index (χ2n) is 8.47. The number of rotatable bonds is 11. The first kappa shape index (κ1) is 26.6. The van der Waals surface area contributed by atoms with Gasteiger partial charge in [-0.1, -0.05) is 6.07 Å². The van der Waals surface area contributed by atoms with Gasteiger partial charge in [-0.05, 0) is 66.9 Å². The summed E-state index contributed by atoms with van der Waals surface area (Å²) in [7, 11) is 5.67. The maximum Gasteiger partial charge on any atom is 0.248 e. The predicted molar refractivity (Wildman–Crippen MR) is 140 cm³/mol. The van der Waals surface area contributed by atoms with Crippen LogP contribution < -0.4 is 10.1 Å². The molecular formula is C26H34N4O4S. The minimum atomic E-state index is -1.33. The molecule has 1 N–H and O–H groups in total. The van der Waals surface area contributed by atoms with Crippen molar-refractivity contribution in [2.75, 3.05) is 53.3 Å². The van der Waals surface area contributed by atoms with Crippen LogP contribution in [0.4, 0.5) is 5.82 Å². The zero-order valence-electron chi connectivity index (χ0n) is 21.3. The molecule has 1 atom stereocenters. The Morgan fingerprint density at radius 2 is 1.80 bits per heavy atom. The number of carbonyl (C=O) groups excluding carboxylic acids is 1. The van der Waals surface area contributed by atoms with E-state index in [2.05, 4.69) is 10.3 Å². The summed E-state index contributed by atoms with van der Waals surface area (Å²) >= 11 is 0. The molecule has 1 amide bonds. The monoisotopic (exact) mass is 498 g/mol. The fourth-order valence-electron chi connectivity index (χ4n) is 3.78. The third kappa shape index (κ3) is 6.78. The van der Waals surface area contributed by atoms with Crippen molar-refractivity contribution in [2.24, 2.45) is 0 Å². The van der Waals surface area contributed by atoms with Gasteiger partial charge in [0.2, 0.25) is 5.91 Å². The summed E-state index contributed by atoms with van der Waals surface area (Å²) in [5, 5.41) is 4.06. The summed E-state index contributed by atoms with van der Waals surface area (Å²) in [5.41, 5.74) is 3.75. The van der Waals surface area contributed by atoms with Gasteiger partial charge >= 0.3 is 0 Å². The van der Waals surface area contributed by atoms with Gasteiger partial charge in [-0.3, -0.25) is 4.79 Å². The van der Waals surface area contributed by atoms with Crippen LogP contribution >= 0.6 is 0 Å². The molecule has 0 fully saturated rings. The number of ether oxygens (including phenoxy) is 2. The van der Waals surface area contributed by atoms with Crippen molar-refractivity contribution in [3.63, 3.8) is 0 Å². The summed E-state index contributed by atoms with van der Waals surface area (Å²) in [6, 6.07) is 13.7. The first-order chi connectivity index (χ1) is 16.7. The van der Waals surface area contributed by atoms with Crippen LogP contribution in [0.1, 0.15) is 16.7 Å². The van der Waals surface area contributed by atoms with Gasteiger partial charge in [-0.25, -0.2) is 13.5 Å². The Balaban J connectivity index is 1.47. The third-order valence-electron chi connectivity index (χ3n) is 5.76. The van der Waals surface area contributed by atoms with Gasteiger partial charge in [0.15, 0.2) is 0 Å². The molecule has 1 unspecified atom stereocenters. The number of hydrogen-bond acceptors (Lipinski definition) is 6. The Labute approximate surface area is 209 Å². The summed E-state index contributed by atoms with van der Waals surface area (Å²) in [6.45, 7) is 5.02. The highest BCUT2D eigenvalue weighted by Crippen LogP contribution is 2.25. The minimum absolute atomic E-state index is 0.0295. The molecule has 188 valence electrons. The lowest BCUT2D eigenvalue weighted by Gasteiger charge is -2.20. The number of likely N-dealkylation sites (N-methyl/N-ethyl adjacent to an activating group) is 2. The number of aromatic nitrogens is 1. The molecule has 0 radical (unpaired) electrons. The molecule has 35 heavy (non-hydrogen) atoms. The van der Waals surface area contributed by atoms with Crippen LogP contribution in [-0.4, -0.2) is 72.3 Å². The molecule has 0 aliphatic rings. The van der Waals surface area contributed by atoms with Gasteiger partial charge in [0.05, 0.1) is 24.1 Å². The number of nitrogens with zero attached hydrogens (tertiary/aromatic N) is 3. The molecule has 1 heterocycles. The quantitative estimate of drug-likeness (QED) is 0.407. The van der Waals surface area contributed by atoms with E-state index in [9.17, 15) is 9.00 Å². The summed E-state index contributed by atoms with van der Waals surface area (Å²) in [5.74, 6) is 1.45. The topological polar surface area (TPSA) is 84.0 Å². The molecule has 0 bridgehead atoms. The highest BCUT2D eigenvalue weighted by molar-refractivity contribution is 7.82. The van der Waals surface area contributed by atoms with Crippen molar-refractivity contribution in [1.82, 2.24) is 14.2 Å². The number of anilines is 1. The van der Waals surface area contributed by atoms with Crippen molar-refractivity contribution >= 4 is 33.6 Å². The lowest BCUT2D eigenvalue weighted by atomic mass is 10.1. The van der Waals surface area contributed by atoms with Crippen LogP contribution in [0.15, 0.2) is 47.4 Å². The molecule has 0 spiro atoms. The van der Waals surface area contributed by atoms with Gasteiger partial charge in [0.25, 0.3) is 0 Å². The van der Waals surface area contributed by atoms with E-state index in [-0.39, 0.29) is 12.5 Å². The average Bonchev–Trinajstić information content (AvgIpc) is 2.85. The van der Waals surface area contributed by atoms with E-state index in [1.54, 1.807) is 30.4 Å². The van der Waals surface area contributed by atoms with E-state index in [4.69, 9.17) is 9.47 Å². The maximum absolute atomic E-state index is 13.0. The molecule has 0 saturated heterocycles. The van der Waals surface area contributed by atoms with Crippen LogP contribution in [0.2, 0.25) is 0 Å². The number of fused-ring (bicyclic) bond motifs is 1. The fourth-order valence-corrected chi connectivity index (χ4v) is 5.00. The largest absolute Gasteiger partial charge is 0.497 e. The zero-order chi connectivity index (χ0) is 25.5. The number of carbonyl (C=O) groups is 1. The van der Waals surface area contributed by atoms with E-state index >= 15 is 0 Å².